The number of carbonyl (C=O) groups is 1. The van der Waals surface area contributed by atoms with E-state index in [1.165, 1.54) is 25.7 Å². The van der Waals surface area contributed by atoms with Gasteiger partial charge in [0.15, 0.2) is 6.29 Å². The minimum Gasteiger partial charge on any atom is -0.394 e. The van der Waals surface area contributed by atoms with E-state index in [1.54, 1.807) is 0 Å². The molecule has 0 saturated carbocycles. The highest BCUT2D eigenvalue weighted by Crippen LogP contribution is 2.23. The summed E-state index contributed by atoms with van der Waals surface area (Å²) in [5.41, 5.74) is 0. The lowest BCUT2D eigenvalue weighted by atomic mass is 9.99. The van der Waals surface area contributed by atoms with E-state index in [4.69, 9.17) is 9.47 Å². The molecule has 0 bridgehead atoms. The van der Waals surface area contributed by atoms with Gasteiger partial charge in [0.05, 0.1) is 25.4 Å². The molecule has 9 nitrogen and oxygen atoms in total. The molecule has 6 N–H and O–H groups in total. The third kappa shape index (κ3) is 28.4. The number of rotatable bonds is 35. The average molecular weight is 800 g/mol. The van der Waals surface area contributed by atoms with Crippen LogP contribution in [0.2, 0.25) is 0 Å². The van der Waals surface area contributed by atoms with Crippen LogP contribution in [-0.4, -0.2) is 87.5 Å². The average Bonchev–Trinajstić information content (AvgIpc) is 3.21. The Morgan fingerprint density at radius 1 is 0.614 bits per heavy atom. The van der Waals surface area contributed by atoms with Crippen LogP contribution in [0.15, 0.2) is 85.1 Å². The number of aliphatic hydroxyl groups is 5. The van der Waals surface area contributed by atoms with Gasteiger partial charge in [0.25, 0.3) is 0 Å². The second kappa shape index (κ2) is 37.6. The van der Waals surface area contributed by atoms with Gasteiger partial charge in [0.2, 0.25) is 5.91 Å². The van der Waals surface area contributed by atoms with Gasteiger partial charge in [-0.15, -0.1) is 0 Å². The van der Waals surface area contributed by atoms with E-state index in [0.717, 1.165) is 103 Å². The van der Waals surface area contributed by atoms with E-state index in [-0.39, 0.29) is 12.5 Å². The van der Waals surface area contributed by atoms with Gasteiger partial charge in [-0.3, -0.25) is 4.79 Å². The van der Waals surface area contributed by atoms with Gasteiger partial charge < -0.3 is 40.3 Å². The van der Waals surface area contributed by atoms with Gasteiger partial charge in [0.1, 0.15) is 24.4 Å². The quantitative estimate of drug-likeness (QED) is 0.0275. The lowest BCUT2D eigenvalue weighted by Gasteiger charge is -2.40. The zero-order valence-electron chi connectivity index (χ0n) is 35.6. The van der Waals surface area contributed by atoms with Crippen molar-refractivity contribution in [1.82, 2.24) is 5.32 Å². The standard InChI is InChI=1S/C48H81NO8/c1-3-5-7-9-11-12-13-14-15-16-17-18-19-20-21-22-23-24-25-26-27-28-29-30-32-34-36-38-44(52)49-41(42(51)37-35-33-31-10-8-6-4-2)40-56-48-47(55)46(54)45(53)43(39-50)57-48/h5,7,11-12,14-15,17-18,20-21,23-24,26-27,41-43,45-48,50-51,53-55H,3-4,6,8-10,13,16,19,22,25,28-40H2,1-2H3,(H,49,52)/b7-5-,12-11-,15-14-,18-17-,21-20-,24-23-,27-26-. The van der Waals surface area contributed by atoms with Crippen LogP contribution in [-0.2, 0) is 14.3 Å². The van der Waals surface area contributed by atoms with E-state index in [9.17, 15) is 30.3 Å². The SMILES string of the molecule is CC/C=C\C/C=C\C/C=C\C/C=C\C/C=C\C/C=C\C/C=C\CCCCCCCC(=O)NC(COC1OC(CO)C(O)C(O)C1O)C(O)CCCCCCCCC. The van der Waals surface area contributed by atoms with E-state index >= 15 is 0 Å². The summed E-state index contributed by atoms with van der Waals surface area (Å²) in [5, 5.41) is 54.0. The molecule has 0 radical (unpaired) electrons. The number of hydrogen-bond acceptors (Lipinski definition) is 8. The van der Waals surface area contributed by atoms with Gasteiger partial charge in [-0.1, -0.05) is 163 Å². The largest absolute Gasteiger partial charge is 0.394 e. The maximum atomic E-state index is 12.9. The second-order valence-electron chi connectivity index (χ2n) is 15.1. The number of ether oxygens (including phenoxy) is 2. The van der Waals surface area contributed by atoms with Gasteiger partial charge in [-0.25, -0.2) is 0 Å². The molecule has 0 aromatic rings. The first-order chi connectivity index (χ1) is 27.8. The minimum atomic E-state index is -1.56. The first-order valence-electron chi connectivity index (χ1n) is 22.3. The molecule has 1 amide bonds. The Bertz CT molecular complexity index is 1160. The highest BCUT2D eigenvalue weighted by molar-refractivity contribution is 5.76. The topological polar surface area (TPSA) is 149 Å². The number of aliphatic hydroxyl groups excluding tert-OH is 5. The molecule has 7 unspecified atom stereocenters. The lowest BCUT2D eigenvalue weighted by molar-refractivity contribution is -0.302. The van der Waals surface area contributed by atoms with Crippen LogP contribution in [0.1, 0.15) is 155 Å². The van der Waals surface area contributed by atoms with E-state index in [2.05, 4.69) is 104 Å². The van der Waals surface area contributed by atoms with Crippen molar-refractivity contribution < 1.29 is 39.8 Å². The maximum Gasteiger partial charge on any atom is 0.220 e. The van der Waals surface area contributed by atoms with Crippen LogP contribution >= 0.6 is 0 Å². The fourth-order valence-corrected chi connectivity index (χ4v) is 6.43. The Balaban J connectivity index is 2.24. The molecule has 7 atom stereocenters. The van der Waals surface area contributed by atoms with Crippen molar-refractivity contribution in [3.8, 4) is 0 Å². The van der Waals surface area contributed by atoms with Crippen LogP contribution in [0.4, 0.5) is 0 Å². The third-order valence-corrected chi connectivity index (χ3v) is 10.0. The van der Waals surface area contributed by atoms with E-state index < -0.39 is 49.5 Å². The highest BCUT2D eigenvalue weighted by atomic mass is 16.7. The molecule has 1 aliphatic heterocycles. The molecule has 0 aromatic carbocycles. The van der Waals surface area contributed by atoms with Crippen molar-refractivity contribution in [2.24, 2.45) is 0 Å². The van der Waals surface area contributed by atoms with Crippen molar-refractivity contribution in [2.75, 3.05) is 13.2 Å². The summed E-state index contributed by atoms with van der Waals surface area (Å²) in [4.78, 5) is 12.9. The van der Waals surface area contributed by atoms with Crippen LogP contribution < -0.4 is 5.32 Å². The predicted molar refractivity (Wildman–Crippen MR) is 235 cm³/mol. The Hall–Kier alpha value is -2.63. The van der Waals surface area contributed by atoms with Gasteiger partial charge in [0, 0.05) is 6.42 Å². The number of nitrogens with one attached hydrogen (secondary N) is 1. The predicted octanol–water partition coefficient (Wildman–Crippen LogP) is 9.16. The molecule has 9 heteroatoms. The molecule has 0 spiro atoms. The van der Waals surface area contributed by atoms with E-state index in [1.807, 2.05) is 0 Å². The summed E-state index contributed by atoms with van der Waals surface area (Å²) >= 11 is 0. The van der Waals surface area contributed by atoms with Crippen LogP contribution in [0, 0.1) is 0 Å². The number of hydrogen-bond donors (Lipinski definition) is 6. The molecule has 57 heavy (non-hydrogen) atoms. The van der Waals surface area contributed by atoms with Crippen molar-refractivity contribution >= 4 is 5.91 Å². The number of allylic oxidation sites excluding steroid dienone is 14. The molecule has 326 valence electrons. The van der Waals surface area contributed by atoms with Crippen molar-refractivity contribution in [3.05, 3.63) is 85.1 Å². The van der Waals surface area contributed by atoms with Gasteiger partial charge >= 0.3 is 0 Å². The van der Waals surface area contributed by atoms with Crippen LogP contribution in [0.25, 0.3) is 0 Å². The van der Waals surface area contributed by atoms with Gasteiger partial charge in [-0.2, -0.15) is 0 Å². The Morgan fingerprint density at radius 2 is 1.09 bits per heavy atom. The Morgan fingerprint density at radius 3 is 1.61 bits per heavy atom. The molecule has 1 aliphatic rings. The van der Waals surface area contributed by atoms with E-state index in [0.29, 0.717) is 12.8 Å². The zero-order chi connectivity index (χ0) is 41.6. The molecule has 0 aliphatic carbocycles. The lowest BCUT2D eigenvalue weighted by Crippen LogP contribution is -2.60. The zero-order valence-corrected chi connectivity index (χ0v) is 35.6. The van der Waals surface area contributed by atoms with Crippen molar-refractivity contribution in [2.45, 2.75) is 198 Å². The summed E-state index contributed by atoms with van der Waals surface area (Å²) in [6.45, 7) is 3.63. The molecule has 0 aromatic heterocycles. The normalized spacial score (nSPS) is 21.8. The van der Waals surface area contributed by atoms with Crippen LogP contribution in [0.5, 0.6) is 0 Å². The molecule has 1 saturated heterocycles. The maximum absolute atomic E-state index is 12.9. The first-order valence-corrected chi connectivity index (χ1v) is 22.3. The summed E-state index contributed by atoms with van der Waals surface area (Å²) in [6.07, 6.45) is 44.7. The van der Waals surface area contributed by atoms with Gasteiger partial charge in [-0.05, 0) is 70.6 Å². The summed E-state index contributed by atoms with van der Waals surface area (Å²) in [7, 11) is 0. The number of carbonyl (C=O) groups excluding carboxylic acids is 1. The number of unbranched alkanes of at least 4 members (excludes halogenated alkanes) is 11. The molecule has 1 heterocycles. The summed E-state index contributed by atoms with van der Waals surface area (Å²) in [6, 6.07) is -0.732. The fourth-order valence-electron chi connectivity index (χ4n) is 6.43. The molecular weight excluding hydrogens is 719 g/mol. The molecule has 1 fully saturated rings. The van der Waals surface area contributed by atoms with Crippen molar-refractivity contribution in [3.63, 3.8) is 0 Å². The Kier molecular flexibility index (Phi) is 34.6. The summed E-state index contributed by atoms with van der Waals surface area (Å²) in [5.74, 6) is -0.173. The van der Waals surface area contributed by atoms with Crippen molar-refractivity contribution in [1.29, 1.82) is 0 Å². The smallest absolute Gasteiger partial charge is 0.220 e. The highest BCUT2D eigenvalue weighted by Gasteiger charge is 2.44. The molecule has 1 rings (SSSR count). The number of amides is 1. The second-order valence-corrected chi connectivity index (χ2v) is 15.1. The monoisotopic (exact) mass is 800 g/mol. The first kappa shape index (κ1) is 52.4. The third-order valence-electron chi connectivity index (χ3n) is 10.0. The molecular formula is C48H81NO8. The Labute approximate surface area is 346 Å². The summed E-state index contributed by atoms with van der Waals surface area (Å²) < 4.78 is 11.2. The van der Waals surface area contributed by atoms with Crippen LogP contribution in [0.3, 0.4) is 0 Å². The minimum absolute atomic E-state index is 0.153. The fraction of sp³-hybridized carbons (Fsp3) is 0.688.